The monoisotopic (exact) mass is 606 g/mol. The molecular formula is C37H42N4O2S. The Labute approximate surface area is 265 Å². The van der Waals surface area contributed by atoms with Crippen molar-refractivity contribution in [3.63, 3.8) is 0 Å². The van der Waals surface area contributed by atoms with Crippen LogP contribution in [0.2, 0.25) is 0 Å². The minimum atomic E-state index is -0.252. The molecular weight excluding hydrogens is 565 g/mol. The predicted molar refractivity (Wildman–Crippen MR) is 175 cm³/mol. The number of para-hydroxylation sites is 2. The molecule has 3 atom stereocenters. The van der Waals surface area contributed by atoms with Gasteiger partial charge in [-0.1, -0.05) is 93.6 Å². The van der Waals surface area contributed by atoms with E-state index in [1.165, 1.54) is 32.9 Å². The third-order valence-electron chi connectivity index (χ3n) is 10.5. The summed E-state index contributed by atoms with van der Waals surface area (Å²) in [5, 5.41) is 8.73. The van der Waals surface area contributed by atoms with Crippen molar-refractivity contribution in [2.24, 2.45) is 11.3 Å². The van der Waals surface area contributed by atoms with E-state index in [9.17, 15) is 4.79 Å². The van der Waals surface area contributed by atoms with Gasteiger partial charge in [0.2, 0.25) is 0 Å². The second kappa shape index (κ2) is 11.4. The molecule has 0 bridgehead atoms. The Kier molecular flexibility index (Phi) is 7.56. The Morgan fingerprint density at radius 1 is 1.02 bits per heavy atom. The summed E-state index contributed by atoms with van der Waals surface area (Å²) < 4.78 is 7.65. The first kappa shape index (κ1) is 29.1. The lowest BCUT2D eigenvalue weighted by Crippen LogP contribution is -2.51. The van der Waals surface area contributed by atoms with Gasteiger partial charge in [0, 0.05) is 15.2 Å². The van der Waals surface area contributed by atoms with Crippen LogP contribution >= 0.6 is 11.8 Å². The lowest BCUT2D eigenvalue weighted by atomic mass is 9.50. The maximum Gasteiger partial charge on any atom is 0.327 e. The largest absolute Gasteiger partial charge is 0.464 e. The van der Waals surface area contributed by atoms with Gasteiger partial charge in [0.1, 0.15) is 12.2 Å². The van der Waals surface area contributed by atoms with Gasteiger partial charge in [0.15, 0.2) is 0 Å². The number of aromatic nitrogens is 3. The molecule has 1 aliphatic heterocycles. The summed E-state index contributed by atoms with van der Waals surface area (Å²) in [7, 11) is 0. The number of carbonyl (C=O) groups excluding carboxylic acids is 1. The Balaban J connectivity index is 1.01. The van der Waals surface area contributed by atoms with E-state index in [1.54, 1.807) is 16.4 Å². The number of rotatable bonds is 7. The van der Waals surface area contributed by atoms with Crippen LogP contribution in [0.4, 0.5) is 11.4 Å². The Bertz CT molecular complexity index is 1650. The zero-order valence-corrected chi connectivity index (χ0v) is 27.1. The predicted octanol–water partition coefficient (Wildman–Crippen LogP) is 8.46. The third-order valence-corrected chi connectivity index (χ3v) is 11.6. The molecule has 0 amide bonds. The van der Waals surface area contributed by atoms with E-state index >= 15 is 0 Å². The number of hydrogen-bond donors (Lipinski definition) is 0. The van der Waals surface area contributed by atoms with Gasteiger partial charge in [-0.3, -0.25) is 4.79 Å². The molecule has 7 rings (SSSR count). The van der Waals surface area contributed by atoms with E-state index in [-0.39, 0.29) is 23.3 Å². The fourth-order valence-electron chi connectivity index (χ4n) is 8.20. The maximum absolute atomic E-state index is 13.1. The van der Waals surface area contributed by atoms with Gasteiger partial charge >= 0.3 is 5.97 Å². The summed E-state index contributed by atoms with van der Waals surface area (Å²) in [6.07, 6.45) is 7.56. The highest BCUT2D eigenvalue weighted by Gasteiger charge is 2.52. The van der Waals surface area contributed by atoms with Gasteiger partial charge in [-0.05, 0) is 83.9 Å². The molecule has 3 aromatic carbocycles. The van der Waals surface area contributed by atoms with Crippen LogP contribution in [-0.2, 0) is 34.5 Å². The summed E-state index contributed by atoms with van der Waals surface area (Å²) in [4.78, 5) is 17.9. The molecule has 228 valence electrons. The molecule has 0 unspecified atom stereocenters. The number of ether oxygens (including phenoxy) is 1. The lowest BCUT2D eigenvalue weighted by molar-refractivity contribution is -0.152. The number of aryl methyl sites for hydroxylation is 1. The molecule has 0 spiro atoms. The SMILES string of the molecule is CC(C)c1ccc2c(c1)CC[C@H]1[C@](C)(COC(=O)Cn3cc(CN4c5ccccc5Sc5ccccc54)nn3)CCC[C@]21C. The fourth-order valence-corrected chi connectivity index (χ4v) is 9.30. The first-order chi connectivity index (χ1) is 21.2. The first-order valence-corrected chi connectivity index (χ1v) is 16.9. The topological polar surface area (TPSA) is 60.2 Å². The van der Waals surface area contributed by atoms with Crippen molar-refractivity contribution in [2.75, 3.05) is 11.5 Å². The van der Waals surface area contributed by atoms with E-state index in [1.807, 2.05) is 6.20 Å². The Morgan fingerprint density at radius 3 is 2.48 bits per heavy atom. The molecule has 3 aliphatic rings. The van der Waals surface area contributed by atoms with Crippen LogP contribution in [-0.4, -0.2) is 27.6 Å². The molecule has 44 heavy (non-hydrogen) atoms. The summed E-state index contributed by atoms with van der Waals surface area (Å²) in [6.45, 7) is 10.4. The number of fused-ring (bicyclic) bond motifs is 5. The summed E-state index contributed by atoms with van der Waals surface area (Å²) in [6, 6.07) is 24.0. The maximum atomic E-state index is 13.1. The third kappa shape index (κ3) is 5.23. The lowest BCUT2D eigenvalue weighted by Gasteiger charge is -2.55. The van der Waals surface area contributed by atoms with Crippen molar-refractivity contribution in [3.05, 3.63) is 95.3 Å². The fraction of sp³-hybridized carbons (Fsp3) is 0.432. The highest BCUT2D eigenvalue weighted by Crippen LogP contribution is 2.57. The smallest absolute Gasteiger partial charge is 0.327 e. The quantitative estimate of drug-likeness (QED) is 0.197. The van der Waals surface area contributed by atoms with Crippen LogP contribution in [0, 0.1) is 11.3 Å². The molecule has 0 N–H and O–H groups in total. The zero-order chi connectivity index (χ0) is 30.5. The Hall–Kier alpha value is -3.58. The van der Waals surface area contributed by atoms with Crippen molar-refractivity contribution >= 4 is 29.1 Å². The molecule has 1 saturated carbocycles. The van der Waals surface area contributed by atoms with Crippen molar-refractivity contribution in [3.8, 4) is 0 Å². The number of anilines is 2. The van der Waals surface area contributed by atoms with Crippen LogP contribution in [0.3, 0.4) is 0 Å². The van der Waals surface area contributed by atoms with Crippen LogP contribution in [0.25, 0.3) is 0 Å². The van der Waals surface area contributed by atoms with E-state index in [0.717, 1.165) is 42.8 Å². The first-order valence-electron chi connectivity index (χ1n) is 16.0. The summed E-state index contributed by atoms with van der Waals surface area (Å²) in [5.74, 6) is 0.776. The van der Waals surface area contributed by atoms with Crippen molar-refractivity contribution in [1.82, 2.24) is 15.0 Å². The molecule has 7 heteroatoms. The molecule has 2 heterocycles. The van der Waals surface area contributed by atoms with Crippen molar-refractivity contribution < 1.29 is 9.53 Å². The van der Waals surface area contributed by atoms with Gasteiger partial charge < -0.3 is 9.64 Å². The molecule has 2 aliphatic carbocycles. The van der Waals surface area contributed by atoms with Gasteiger partial charge in [-0.15, -0.1) is 5.10 Å². The molecule has 1 aromatic heterocycles. The normalized spacial score (nSPS) is 23.8. The number of hydrogen-bond acceptors (Lipinski definition) is 6. The van der Waals surface area contributed by atoms with Crippen LogP contribution in [0.5, 0.6) is 0 Å². The number of esters is 1. The average Bonchev–Trinajstić information content (AvgIpc) is 3.46. The van der Waals surface area contributed by atoms with Gasteiger partial charge in [0.05, 0.1) is 30.7 Å². The highest BCUT2D eigenvalue weighted by atomic mass is 32.2. The highest BCUT2D eigenvalue weighted by molar-refractivity contribution is 7.99. The second-order valence-electron chi connectivity index (χ2n) is 13.8. The van der Waals surface area contributed by atoms with Crippen LogP contribution in [0.1, 0.15) is 81.7 Å². The molecule has 1 fully saturated rings. The summed E-state index contributed by atoms with van der Waals surface area (Å²) >= 11 is 1.79. The second-order valence-corrected chi connectivity index (χ2v) is 14.9. The van der Waals surface area contributed by atoms with Crippen molar-refractivity contribution in [2.45, 2.75) is 94.0 Å². The van der Waals surface area contributed by atoms with Crippen molar-refractivity contribution in [1.29, 1.82) is 0 Å². The average molecular weight is 607 g/mol. The Morgan fingerprint density at radius 2 is 1.75 bits per heavy atom. The molecule has 6 nitrogen and oxygen atoms in total. The van der Waals surface area contributed by atoms with Gasteiger partial charge in [-0.25, -0.2) is 4.68 Å². The minimum Gasteiger partial charge on any atom is -0.464 e. The number of benzene rings is 3. The zero-order valence-electron chi connectivity index (χ0n) is 26.3. The van der Waals surface area contributed by atoms with Gasteiger partial charge in [-0.2, -0.15) is 0 Å². The summed E-state index contributed by atoms with van der Waals surface area (Å²) in [5.41, 5.74) is 7.67. The van der Waals surface area contributed by atoms with Gasteiger partial charge in [0.25, 0.3) is 0 Å². The molecule has 0 saturated heterocycles. The van der Waals surface area contributed by atoms with E-state index in [2.05, 4.69) is 110 Å². The number of nitrogens with zero attached hydrogens (tertiary/aromatic N) is 4. The van der Waals surface area contributed by atoms with E-state index < -0.39 is 0 Å². The van der Waals surface area contributed by atoms with Crippen LogP contribution < -0.4 is 4.90 Å². The molecule has 0 radical (unpaired) electrons. The standard InChI is InChI=1S/C37H42N4O2S/c1-25(2)26-14-16-29-27(20-26)15-17-34-36(3,18-9-19-37(29,34)4)24-43-35(42)23-40-21-28(38-39-40)22-41-30-10-5-7-12-32(30)44-33-13-8-6-11-31(33)41/h5-8,10-14,16,20-21,25,34H,9,15,17-19,22-24H2,1-4H3/t34-,36-,37+/m0/s1. The molecule has 4 aromatic rings. The minimum absolute atomic E-state index is 0.0440. The van der Waals surface area contributed by atoms with E-state index in [4.69, 9.17) is 4.74 Å². The van der Waals surface area contributed by atoms with E-state index in [0.29, 0.717) is 25.0 Å². The van der Waals surface area contributed by atoms with Crippen LogP contribution in [0.15, 0.2) is 82.7 Å². The number of carbonyl (C=O) groups is 1.